The van der Waals surface area contributed by atoms with Gasteiger partial charge in [0.05, 0.1) is 29.4 Å². The SMILES string of the molecule is COc1ccc(CN2C=C([N+](=O)[O-])C(c3ccccc3)C([N+](=O)[O-])=C2)cc1. The van der Waals surface area contributed by atoms with Crippen molar-refractivity contribution >= 4 is 0 Å². The van der Waals surface area contributed by atoms with E-state index in [9.17, 15) is 20.2 Å². The van der Waals surface area contributed by atoms with Crippen LogP contribution >= 0.6 is 0 Å². The van der Waals surface area contributed by atoms with E-state index in [0.717, 1.165) is 5.56 Å². The first-order valence-corrected chi connectivity index (χ1v) is 8.15. The zero-order chi connectivity index (χ0) is 19.4. The third-order valence-corrected chi connectivity index (χ3v) is 4.27. The van der Waals surface area contributed by atoms with Gasteiger partial charge < -0.3 is 9.64 Å². The van der Waals surface area contributed by atoms with Crippen LogP contribution in [0.3, 0.4) is 0 Å². The number of nitro groups is 2. The Labute approximate surface area is 155 Å². The first-order chi connectivity index (χ1) is 13.0. The van der Waals surface area contributed by atoms with Crippen LogP contribution in [0.25, 0.3) is 0 Å². The zero-order valence-electron chi connectivity index (χ0n) is 14.5. The molecule has 27 heavy (non-hydrogen) atoms. The number of hydrogen-bond acceptors (Lipinski definition) is 6. The molecule has 3 rings (SSSR count). The average Bonchev–Trinajstić information content (AvgIpc) is 2.68. The van der Waals surface area contributed by atoms with Gasteiger partial charge in [0.1, 0.15) is 5.75 Å². The minimum Gasteiger partial charge on any atom is -0.497 e. The van der Waals surface area contributed by atoms with E-state index in [0.29, 0.717) is 11.3 Å². The Balaban J connectivity index is 1.97. The largest absolute Gasteiger partial charge is 0.497 e. The highest BCUT2D eigenvalue weighted by molar-refractivity contribution is 5.36. The fourth-order valence-electron chi connectivity index (χ4n) is 3.00. The number of hydrogen-bond donors (Lipinski definition) is 0. The van der Waals surface area contributed by atoms with Gasteiger partial charge in [0.25, 0.3) is 11.4 Å². The monoisotopic (exact) mass is 367 g/mol. The standard InChI is InChI=1S/C19H17N3O5/c1-27-16-9-7-14(8-10-16)11-20-12-17(21(23)24)19(18(13-20)22(25)26)15-5-3-2-4-6-15/h2-10,12-13,19H,11H2,1H3. The van der Waals surface area contributed by atoms with Gasteiger partial charge in [-0.1, -0.05) is 42.5 Å². The van der Waals surface area contributed by atoms with Gasteiger partial charge in [-0.05, 0) is 23.3 Å². The number of ether oxygens (including phenoxy) is 1. The minimum absolute atomic E-state index is 0.232. The quantitative estimate of drug-likeness (QED) is 0.572. The summed E-state index contributed by atoms with van der Waals surface area (Å²) in [6.07, 6.45) is 2.71. The summed E-state index contributed by atoms with van der Waals surface area (Å²) in [5.41, 5.74) is 0.882. The first-order valence-electron chi connectivity index (χ1n) is 8.15. The van der Waals surface area contributed by atoms with Crippen molar-refractivity contribution in [2.24, 2.45) is 0 Å². The molecule has 2 aromatic carbocycles. The molecule has 8 heteroatoms. The molecule has 1 aliphatic heterocycles. The maximum absolute atomic E-state index is 11.6. The smallest absolute Gasteiger partial charge is 0.280 e. The van der Waals surface area contributed by atoms with E-state index in [2.05, 4.69) is 0 Å². The molecule has 0 unspecified atom stereocenters. The molecule has 0 aliphatic carbocycles. The molecule has 0 N–H and O–H groups in total. The Bertz CT molecular complexity index is 875. The molecule has 0 spiro atoms. The predicted octanol–water partition coefficient (Wildman–Crippen LogP) is 3.53. The van der Waals surface area contributed by atoms with Crippen molar-refractivity contribution in [3.63, 3.8) is 0 Å². The molecule has 1 heterocycles. The summed E-state index contributed by atoms with van der Waals surface area (Å²) in [7, 11) is 1.56. The van der Waals surface area contributed by atoms with Gasteiger partial charge in [0, 0.05) is 6.54 Å². The second kappa shape index (κ2) is 7.69. The predicted molar refractivity (Wildman–Crippen MR) is 97.9 cm³/mol. The van der Waals surface area contributed by atoms with Gasteiger partial charge in [-0.3, -0.25) is 20.2 Å². The fourth-order valence-corrected chi connectivity index (χ4v) is 3.00. The zero-order valence-corrected chi connectivity index (χ0v) is 14.5. The molecule has 0 bridgehead atoms. The fraction of sp³-hybridized carbons (Fsp3) is 0.158. The van der Waals surface area contributed by atoms with Crippen molar-refractivity contribution in [2.75, 3.05) is 7.11 Å². The lowest BCUT2D eigenvalue weighted by atomic mass is 9.91. The van der Waals surface area contributed by atoms with Crippen molar-refractivity contribution in [1.82, 2.24) is 4.90 Å². The van der Waals surface area contributed by atoms with E-state index in [1.54, 1.807) is 49.6 Å². The van der Waals surface area contributed by atoms with Crippen LogP contribution in [0.5, 0.6) is 5.75 Å². The van der Waals surface area contributed by atoms with Crippen LogP contribution < -0.4 is 4.74 Å². The molecule has 0 saturated heterocycles. The van der Waals surface area contributed by atoms with Crippen molar-refractivity contribution in [1.29, 1.82) is 0 Å². The van der Waals surface area contributed by atoms with Gasteiger partial charge in [0.2, 0.25) is 0 Å². The van der Waals surface area contributed by atoms with Crippen LogP contribution in [-0.2, 0) is 6.54 Å². The molecule has 1 aliphatic rings. The highest BCUT2D eigenvalue weighted by Crippen LogP contribution is 2.36. The molecule has 0 fully saturated rings. The van der Waals surface area contributed by atoms with E-state index in [1.807, 2.05) is 12.1 Å². The number of methoxy groups -OCH3 is 1. The minimum atomic E-state index is -1.02. The third-order valence-electron chi connectivity index (χ3n) is 4.27. The second-order valence-corrected chi connectivity index (χ2v) is 5.99. The van der Waals surface area contributed by atoms with E-state index >= 15 is 0 Å². The average molecular weight is 367 g/mol. The van der Waals surface area contributed by atoms with Crippen LogP contribution in [0, 0.1) is 20.2 Å². The van der Waals surface area contributed by atoms with Crippen molar-refractivity contribution < 1.29 is 14.6 Å². The summed E-state index contributed by atoms with van der Waals surface area (Å²) in [6.45, 7) is 0.264. The summed E-state index contributed by atoms with van der Waals surface area (Å²) < 4.78 is 5.10. The molecular weight excluding hydrogens is 350 g/mol. The normalized spacial score (nSPS) is 14.3. The number of rotatable bonds is 6. The number of nitrogens with zero attached hydrogens (tertiary/aromatic N) is 3. The maximum Gasteiger partial charge on any atom is 0.280 e. The van der Waals surface area contributed by atoms with Gasteiger partial charge >= 0.3 is 0 Å². The highest BCUT2D eigenvalue weighted by atomic mass is 16.6. The van der Waals surface area contributed by atoms with Crippen molar-refractivity contribution in [3.05, 3.63) is 110 Å². The molecule has 0 amide bonds. The molecule has 8 nitrogen and oxygen atoms in total. The molecular formula is C19H17N3O5. The molecule has 138 valence electrons. The van der Waals surface area contributed by atoms with Gasteiger partial charge in [-0.15, -0.1) is 0 Å². The van der Waals surface area contributed by atoms with Crippen LogP contribution in [-0.4, -0.2) is 21.9 Å². The second-order valence-electron chi connectivity index (χ2n) is 5.99. The lowest BCUT2D eigenvalue weighted by molar-refractivity contribution is -0.456. The van der Waals surface area contributed by atoms with Crippen LogP contribution in [0.2, 0.25) is 0 Å². The Morgan fingerprint density at radius 3 is 1.96 bits per heavy atom. The van der Waals surface area contributed by atoms with Crippen molar-refractivity contribution in [3.8, 4) is 5.75 Å². The Morgan fingerprint density at radius 1 is 0.926 bits per heavy atom. The van der Waals surface area contributed by atoms with Gasteiger partial charge in [-0.2, -0.15) is 0 Å². The van der Waals surface area contributed by atoms with Crippen LogP contribution in [0.15, 0.2) is 78.4 Å². The molecule has 0 radical (unpaired) electrons. The summed E-state index contributed by atoms with van der Waals surface area (Å²) in [5.74, 6) is -0.340. The summed E-state index contributed by atoms with van der Waals surface area (Å²) in [6, 6.07) is 15.6. The molecule has 0 saturated carbocycles. The Hall–Kier alpha value is -3.68. The van der Waals surface area contributed by atoms with Gasteiger partial charge in [0.15, 0.2) is 5.92 Å². The topological polar surface area (TPSA) is 98.8 Å². The van der Waals surface area contributed by atoms with E-state index in [-0.39, 0.29) is 17.9 Å². The third kappa shape index (κ3) is 3.95. The Kier molecular flexibility index (Phi) is 5.16. The number of benzene rings is 2. The highest BCUT2D eigenvalue weighted by Gasteiger charge is 2.41. The lowest BCUT2D eigenvalue weighted by Gasteiger charge is -2.23. The molecule has 0 aromatic heterocycles. The van der Waals surface area contributed by atoms with E-state index in [4.69, 9.17) is 4.74 Å². The van der Waals surface area contributed by atoms with Gasteiger partial charge in [-0.25, -0.2) is 0 Å². The summed E-state index contributed by atoms with van der Waals surface area (Å²) in [5, 5.41) is 23.3. The van der Waals surface area contributed by atoms with Crippen molar-refractivity contribution in [2.45, 2.75) is 12.5 Å². The Morgan fingerprint density at radius 2 is 1.48 bits per heavy atom. The molecule has 0 atom stereocenters. The first kappa shape index (κ1) is 18.1. The van der Waals surface area contributed by atoms with E-state index in [1.165, 1.54) is 17.3 Å². The lowest BCUT2D eigenvalue weighted by Crippen LogP contribution is -2.27. The summed E-state index contributed by atoms with van der Waals surface area (Å²) >= 11 is 0. The maximum atomic E-state index is 11.6. The summed E-state index contributed by atoms with van der Waals surface area (Å²) in [4.78, 5) is 23.6. The molecule has 2 aromatic rings. The van der Waals surface area contributed by atoms with E-state index < -0.39 is 15.8 Å². The van der Waals surface area contributed by atoms with Crippen LogP contribution in [0.4, 0.5) is 0 Å². The van der Waals surface area contributed by atoms with Crippen LogP contribution in [0.1, 0.15) is 17.0 Å².